The molecule has 0 bridgehead atoms. The third kappa shape index (κ3) is 6.37. The third-order valence-electron chi connectivity index (χ3n) is 4.07. The van der Waals surface area contributed by atoms with Gasteiger partial charge in [0.15, 0.2) is 0 Å². The molecule has 0 saturated carbocycles. The molecule has 1 heterocycles. The average Bonchev–Trinajstić information content (AvgIpc) is 2.76. The minimum Gasteiger partial charge on any atom is -0.303 e. The Bertz CT molecular complexity index is 582. The summed E-state index contributed by atoms with van der Waals surface area (Å²) in [7, 11) is -3.58. The van der Waals surface area contributed by atoms with E-state index in [1.807, 2.05) is 0 Å². The van der Waals surface area contributed by atoms with Crippen LogP contribution < -0.4 is 4.72 Å². The molecule has 1 aromatic rings. The second kappa shape index (κ2) is 8.97. The van der Waals surface area contributed by atoms with Crippen LogP contribution in [0.5, 0.6) is 0 Å². The van der Waals surface area contributed by atoms with Gasteiger partial charge in [-0.25, -0.2) is 17.5 Å². The summed E-state index contributed by atoms with van der Waals surface area (Å²) in [5, 5.41) is 0.139. The van der Waals surface area contributed by atoms with Crippen LogP contribution in [0, 0.1) is 5.82 Å². The zero-order valence-electron chi connectivity index (χ0n) is 13.2. The molecule has 1 aromatic carbocycles. The van der Waals surface area contributed by atoms with Gasteiger partial charge in [-0.3, -0.25) is 0 Å². The van der Waals surface area contributed by atoms with Gasteiger partial charge < -0.3 is 4.90 Å². The molecule has 23 heavy (non-hydrogen) atoms. The molecule has 2 rings (SSSR count). The van der Waals surface area contributed by atoms with Crippen molar-refractivity contribution in [2.24, 2.45) is 0 Å². The van der Waals surface area contributed by atoms with Crippen molar-refractivity contribution >= 4 is 21.6 Å². The van der Waals surface area contributed by atoms with Gasteiger partial charge in [-0.2, -0.15) is 0 Å². The van der Waals surface area contributed by atoms with Crippen molar-refractivity contribution < 1.29 is 12.8 Å². The first-order valence-electron chi connectivity index (χ1n) is 8.10. The van der Waals surface area contributed by atoms with Crippen LogP contribution in [-0.2, 0) is 15.8 Å². The Labute approximate surface area is 143 Å². The van der Waals surface area contributed by atoms with Gasteiger partial charge in [0.25, 0.3) is 0 Å². The van der Waals surface area contributed by atoms with Crippen LogP contribution >= 0.6 is 11.6 Å². The Kier molecular flexibility index (Phi) is 7.27. The minimum absolute atomic E-state index is 0.0224. The number of nitrogens with one attached hydrogen (secondary N) is 1. The van der Waals surface area contributed by atoms with Crippen LogP contribution in [0.3, 0.4) is 0 Å². The first-order chi connectivity index (χ1) is 11.0. The molecule has 4 nitrogen and oxygen atoms in total. The zero-order chi connectivity index (χ0) is 16.7. The minimum atomic E-state index is -3.58. The quantitative estimate of drug-likeness (QED) is 0.758. The largest absolute Gasteiger partial charge is 0.303 e. The van der Waals surface area contributed by atoms with Crippen LogP contribution in [0.15, 0.2) is 18.2 Å². The number of sulfonamides is 1. The molecule has 0 aromatic heterocycles. The second-order valence-corrected chi connectivity index (χ2v) is 8.18. The smallest absolute Gasteiger partial charge is 0.215 e. The van der Waals surface area contributed by atoms with E-state index in [9.17, 15) is 12.8 Å². The van der Waals surface area contributed by atoms with Crippen molar-refractivity contribution in [3.63, 3.8) is 0 Å². The zero-order valence-corrected chi connectivity index (χ0v) is 14.8. The third-order valence-corrected chi connectivity index (χ3v) is 5.73. The topological polar surface area (TPSA) is 49.4 Å². The van der Waals surface area contributed by atoms with Crippen molar-refractivity contribution in [1.29, 1.82) is 0 Å². The predicted octanol–water partition coefficient (Wildman–Crippen LogP) is 3.16. The van der Waals surface area contributed by atoms with Crippen LogP contribution in [0.1, 0.15) is 37.7 Å². The summed E-state index contributed by atoms with van der Waals surface area (Å²) in [4.78, 5) is 2.38. The molecule has 0 spiro atoms. The number of hydrogen-bond acceptors (Lipinski definition) is 3. The van der Waals surface area contributed by atoms with Crippen molar-refractivity contribution in [2.45, 2.75) is 37.9 Å². The molecule has 1 N–H and O–H groups in total. The summed E-state index contributed by atoms with van der Waals surface area (Å²) >= 11 is 5.87. The molecule has 1 aliphatic heterocycles. The van der Waals surface area contributed by atoms with Gasteiger partial charge in [-0.1, -0.05) is 30.5 Å². The first-order valence-corrected chi connectivity index (χ1v) is 10.1. The fourth-order valence-corrected chi connectivity index (χ4v) is 4.34. The second-order valence-electron chi connectivity index (χ2n) is 5.96. The maximum atomic E-state index is 13.7. The fraction of sp³-hybridized carbons (Fsp3) is 0.625. The van der Waals surface area contributed by atoms with Crippen molar-refractivity contribution in [3.8, 4) is 0 Å². The number of hydrogen-bond donors (Lipinski definition) is 1. The highest BCUT2D eigenvalue weighted by molar-refractivity contribution is 7.88. The molecular formula is C16H24ClFN2O2S. The van der Waals surface area contributed by atoms with E-state index < -0.39 is 21.6 Å². The number of rotatable bonds is 7. The molecule has 1 fully saturated rings. The highest BCUT2D eigenvalue weighted by Gasteiger charge is 2.17. The van der Waals surface area contributed by atoms with E-state index in [2.05, 4.69) is 9.62 Å². The number of nitrogens with zero attached hydrogens (tertiary/aromatic N) is 1. The Morgan fingerprint density at radius 1 is 1.17 bits per heavy atom. The first kappa shape index (κ1) is 18.6. The number of benzene rings is 1. The van der Waals surface area contributed by atoms with Gasteiger partial charge >= 0.3 is 0 Å². The summed E-state index contributed by atoms with van der Waals surface area (Å²) in [5.41, 5.74) is 0.0224. The summed E-state index contributed by atoms with van der Waals surface area (Å²) < 4.78 is 40.3. The Balaban J connectivity index is 1.78. The van der Waals surface area contributed by atoms with Gasteiger partial charge in [-0.15, -0.1) is 0 Å². The summed E-state index contributed by atoms with van der Waals surface area (Å²) in [5.74, 6) is -1.02. The summed E-state index contributed by atoms with van der Waals surface area (Å²) in [6.07, 6.45) is 5.76. The highest BCUT2D eigenvalue weighted by Crippen LogP contribution is 2.21. The van der Waals surface area contributed by atoms with E-state index in [1.165, 1.54) is 43.9 Å². The lowest BCUT2D eigenvalue weighted by atomic mass is 10.2. The molecule has 7 heteroatoms. The Morgan fingerprint density at radius 2 is 1.87 bits per heavy atom. The lowest BCUT2D eigenvalue weighted by molar-refractivity contribution is 0.282. The summed E-state index contributed by atoms with van der Waals surface area (Å²) in [6, 6.07) is 4.17. The SMILES string of the molecule is O=S(=O)(Cc1c(F)cccc1Cl)NCCCN1CCCCCC1. The van der Waals surface area contributed by atoms with Crippen LogP contribution in [0.4, 0.5) is 4.39 Å². The van der Waals surface area contributed by atoms with E-state index in [0.29, 0.717) is 6.54 Å². The standard InChI is InChI=1S/C16H24ClFN2O2S/c17-15-7-5-8-16(18)14(15)13-23(21,22)19-9-6-12-20-10-3-1-2-4-11-20/h5,7-8,19H,1-4,6,9-13H2. The lowest BCUT2D eigenvalue weighted by Crippen LogP contribution is -2.31. The maximum absolute atomic E-state index is 13.7. The van der Waals surface area contributed by atoms with Gasteiger partial charge in [-0.05, 0) is 51.0 Å². The van der Waals surface area contributed by atoms with Gasteiger partial charge in [0.05, 0.1) is 5.75 Å². The molecule has 1 saturated heterocycles. The molecule has 0 unspecified atom stereocenters. The van der Waals surface area contributed by atoms with E-state index in [-0.39, 0.29) is 10.6 Å². The van der Waals surface area contributed by atoms with Crippen LogP contribution in [-0.4, -0.2) is 39.5 Å². The highest BCUT2D eigenvalue weighted by atomic mass is 35.5. The fourth-order valence-electron chi connectivity index (χ4n) is 2.80. The molecular weight excluding hydrogens is 339 g/mol. The lowest BCUT2D eigenvalue weighted by Gasteiger charge is -2.19. The van der Waals surface area contributed by atoms with Crippen LogP contribution in [0.25, 0.3) is 0 Å². The number of likely N-dealkylation sites (tertiary alicyclic amines) is 1. The van der Waals surface area contributed by atoms with Crippen molar-refractivity contribution in [2.75, 3.05) is 26.2 Å². The van der Waals surface area contributed by atoms with Crippen molar-refractivity contribution in [3.05, 3.63) is 34.6 Å². The Hall–Kier alpha value is -0.690. The van der Waals surface area contributed by atoms with Crippen molar-refractivity contribution in [1.82, 2.24) is 9.62 Å². The molecule has 0 atom stereocenters. The van der Waals surface area contributed by atoms with Gasteiger partial charge in [0.2, 0.25) is 10.0 Å². The van der Waals surface area contributed by atoms with E-state index in [4.69, 9.17) is 11.6 Å². The van der Waals surface area contributed by atoms with E-state index >= 15 is 0 Å². The maximum Gasteiger partial charge on any atom is 0.215 e. The molecule has 0 amide bonds. The van der Waals surface area contributed by atoms with Gasteiger partial charge in [0.1, 0.15) is 5.82 Å². The van der Waals surface area contributed by atoms with E-state index in [1.54, 1.807) is 0 Å². The molecule has 0 radical (unpaired) electrons. The Morgan fingerprint density at radius 3 is 2.52 bits per heavy atom. The predicted molar refractivity (Wildman–Crippen MR) is 91.6 cm³/mol. The van der Waals surface area contributed by atoms with Crippen LogP contribution in [0.2, 0.25) is 5.02 Å². The summed E-state index contributed by atoms with van der Waals surface area (Å²) in [6.45, 7) is 3.45. The number of halogens is 2. The monoisotopic (exact) mass is 362 g/mol. The normalized spacial score (nSPS) is 17.1. The molecule has 130 valence electrons. The van der Waals surface area contributed by atoms with E-state index in [0.717, 1.165) is 26.1 Å². The average molecular weight is 363 g/mol. The van der Waals surface area contributed by atoms with Gasteiger partial charge in [0, 0.05) is 17.1 Å². The molecule has 1 aliphatic rings. The molecule has 0 aliphatic carbocycles.